The number of hydrogen-bond acceptors (Lipinski definition) is 8. The average molecular weight is 441 g/mol. The summed E-state index contributed by atoms with van der Waals surface area (Å²) in [5.41, 5.74) is 1.55. The lowest BCUT2D eigenvalue weighted by Gasteiger charge is -2.47. The zero-order valence-electron chi connectivity index (χ0n) is 16.5. The highest BCUT2D eigenvalue weighted by molar-refractivity contribution is 6.31. The molecule has 2 aromatic carbocycles. The van der Waals surface area contributed by atoms with Crippen molar-refractivity contribution in [3.63, 3.8) is 0 Å². The van der Waals surface area contributed by atoms with Crippen LogP contribution in [0.2, 0.25) is 5.02 Å². The Morgan fingerprint density at radius 1 is 1.07 bits per heavy atom. The van der Waals surface area contributed by atoms with E-state index in [1.54, 1.807) is 30.3 Å². The third kappa shape index (κ3) is 3.93. The van der Waals surface area contributed by atoms with Gasteiger partial charge >= 0.3 is 0 Å². The molecule has 1 fully saturated rings. The average Bonchev–Trinajstić information content (AvgIpc) is 2.76. The van der Waals surface area contributed by atoms with E-state index in [0.717, 1.165) is 5.56 Å². The number of rotatable bonds is 6. The first kappa shape index (κ1) is 22.9. The summed E-state index contributed by atoms with van der Waals surface area (Å²) in [7, 11) is 2.78. The predicted octanol–water partition coefficient (Wildman–Crippen LogP) is 1.05. The van der Waals surface area contributed by atoms with Gasteiger partial charge in [-0.05, 0) is 29.8 Å². The summed E-state index contributed by atoms with van der Waals surface area (Å²) in [5, 5.41) is 50.5. The number of hydrogen-bond donors (Lipinski definition) is 5. The van der Waals surface area contributed by atoms with Crippen LogP contribution in [0.4, 0.5) is 0 Å². The van der Waals surface area contributed by atoms with Crippen molar-refractivity contribution in [3.05, 3.63) is 64.2 Å². The number of halogens is 1. The second-order valence-electron chi connectivity index (χ2n) is 7.08. The lowest BCUT2D eigenvalue weighted by atomic mass is 9.86. The van der Waals surface area contributed by atoms with Crippen molar-refractivity contribution >= 4 is 11.6 Å². The minimum atomic E-state index is -1.86. The quantitative estimate of drug-likeness (QED) is 0.451. The third-order valence-corrected chi connectivity index (χ3v) is 5.71. The summed E-state index contributed by atoms with van der Waals surface area (Å²) in [5.74, 6) is -1.76. The van der Waals surface area contributed by atoms with Gasteiger partial charge in [-0.25, -0.2) is 0 Å². The molecule has 2 aromatic rings. The molecule has 1 aliphatic rings. The topological polar surface area (TPSA) is 129 Å². The molecular weight excluding hydrogens is 416 g/mol. The fraction of sp³-hybridized carbons (Fsp3) is 0.429. The van der Waals surface area contributed by atoms with E-state index in [-0.39, 0.29) is 5.75 Å². The highest BCUT2D eigenvalue weighted by Crippen LogP contribution is 2.42. The molecule has 9 heteroatoms. The van der Waals surface area contributed by atoms with Gasteiger partial charge in [0.15, 0.2) is 0 Å². The monoisotopic (exact) mass is 440 g/mol. The minimum absolute atomic E-state index is 0.105. The Balaban J connectivity index is 2.09. The zero-order valence-corrected chi connectivity index (χ0v) is 17.2. The molecule has 0 bridgehead atoms. The highest BCUT2D eigenvalue weighted by atomic mass is 35.5. The maximum atomic E-state index is 10.7. The fourth-order valence-corrected chi connectivity index (χ4v) is 3.94. The van der Waals surface area contributed by atoms with Crippen LogP contribution in [0.1, 0.15) is 22.8 Å². The molecule has 8 nitrogen and oxygen atoms in total. The minimum Gasteiger partial charge on any atom is -0.508 e. The first-order valence-electron chi connectivity index (χ1n) is 9.28. The SMILES string of the molecule is COC(c1ccc(O)cc1)c1cc([C@]2(OC)OC(CO)[C@@H](O)[C@H](O)C2O)ccc1Cl. The molecule has 0 saturated carbocycles. The van der Waals surface area contributed by atoms with Gasteiger partial charge in [0.25, 0.3) is 0 Å². The smallest absolute Gasteiger partial charge is 0.224 e. The maximum absolute atomic E-state index is 10.7. The van der Waals surface area contributed by atoms with Crippen LogP contribution >= 0.6 is 11.6 Å². The molecule has 0 aliphatic carbocycles. The van der Waals surface area contributed by atoms with Gasteiger partial charge in [0.1, 0.15) is 36.3 Å². The highest BCUT2D eigenvalue weighted by Gasteiger charge is 2.55. The summed E-state index contributed by atoms with van der Waals surface area (Å²) in [6.07, 6.45) is -6.56. The van der Waals surface area contributed by atoms with E-state index in [2.05, 4.69) is 0 Å². The second-order valence-corrected chi connectivity index (χ2v) is 7.49. The molecule has 3 unspecified atom stereocenters. The van der Waals surface area contributed by atoms with Gasteiger partial charge in [-0.3, -0.25) is 0 Å². The van der Waals surface area contributed by atoms with Gasteiger partial charge in [-0.15, -0.1) is 0 Å². The standard InChI is InChI=1S/C21H25ClO8/c1-28-19(11-3-6-13(24)7-4-11)14-9-12(5-8-15(14)22)21(29-2)20(27)18(26)17(25)16(10-23)30-21/h3-9,16-20,23-27H,10H2,1-2H3/t16?,17-,18+,19?,20?,21+/m1/s1. The number of aliphatic hydroxyl groups excluding tert-OH is 4. The van der Waals surface area contributed by atoms with Gasteiger partial charge in [0, 0.05) is 30.4 Å². The predicted molar refractivity (Wildman–Crippen MR) is 107 cm³/mol. The number of aliphatic hydroxyl groups is 4. The Labute approximate surface area is 178 Å². The molecule has 5 N–H and O–H groups in total. The second kappa shape index (κ2) is 9.17. The van der Waals surface area contributed by atoms with E-state index in [9.17, 15) is 25.5 Å². The summed E-state index contributed by atoms with van der Waals surface area (Å²) < 4.78 is 16.8. The lowest BCUT2D eigenvalue weighted by molar-refractivity contribution is -0.366. The number of benzene rings is 2. The molecule has 1 saturated heterocycles. The van der Waals surface area contributed by atoms with Gasteiger partial charge in [-0.2, -0.15) is 0 Å². The van der Waals surface area contributed by atoms with Crippen LogP contribution < -0.4 is 0 Å². The van der Waals surface area contributed by atoms with E-state index in [1.807, 2.05) is 0 Å². The Bertz CT molecular complexity index is 859. The van der Waals surface area contributed by atoms with Crippen LogP contribution in [-0.4, -0.2) is 70.8 Å². The molecule has 0 amide bonds. The van der Waals surface area contributed by atoms with Gasteiger partial charge in [-0.1, -0.05) is 29.8 Å². The van der Waals surface area contributed by atoms with Crippen LogP contribution in [0.25, 0.3) is 0 Å². The fourth-order valence-electron chi connectivity index (χ4n) is 3.72. The van der Waals surface area contributed by atoms with Crippen LogP contribution in [0, 0.1) is 0 Å². The first-order chi connectivity index (χ1) is 14.3. The third-order valence-electron chi connectivity index (χ3n) is 5.37. The molecule has 6 atom stereocenters. The number of phenols is 1. The summed E-state index contributed by atoms with van der Waals surface area (Å²) >= 11 is 6.42. The summed E-state index contributed by atoms with van der Waals surface area (Å²) in [6, 6.07) is 11.1. The van der Waals surface area contributed by atoms with Crippen molar-refractivity contribution in [1.29, 1.82) is 0 Å². The van der Waals surface area contributed by atoms with Crippen LogP contribution in [0.3, 0.4) is 0 Å². The van der Waals surface area contributed by atoms with Crippen molar-refractivity contribution in [1.82, 2.24) is 0 Å². The Hall–Kier alpha value is -1.75. The van der Waals surface area contributed by atoms with Crippen molar-refractivity contribution in [3.8, 4) is 5.75 Å². The van der Waals surface area contributed by atoms with Crippen LogP contribution in [0.5, 0.6) is 5.75 Å². The lowest BCUT2D eigenvalue weighted by Crippen LogP contribution is -2.64. The maximum Gasteiger partial charge on any atom is 0.224 e. The van der Waals surface area contributed by atoms with Gasteiger partial charge < -0.3 is 39.7 Å². The van der Waals surface area contributed by atoms with E-state index >= 15 is 0 Å². The van der Waals surface area contributed by atoms with Crippen molar-refractivity contribution in [2.45, 2.75) is 36.3 Å². The van der Waals surface area contributed by atoms with Crippen LogP contribution in [0.15, 0.2) is 42.5 Å². The van der Waals surface area contributed by atoms with Crippen molar-refractivity contribution < 1.29 is 39.7 Å². The summed E-state index contributed by atoms with van der Waals surface area (Å²) in [6.45, 7) is -0.593. The molecular formula is C21H25ClO8. The molecule has 0 aromatic heterocycles. The largest absolute Gasteiger partial charge is 0.508 e. The number of methoxy groups -OCH3 is 2. The molecule has 0 radical (unpaired) electrons. The van der Waals surface area contributed by atoms with Crippen molar-refractivity contribution in [2.75, 3.05) is 20.8 Å². The Morgan fingerprint density at radius 3 is 2.30 bits per heavy atom. The normalized spacial score (nSPS) is 30.2. The number of aromatic hydroxyl groups is 1. The molecule has 1 aliphatic heterocycles. The van der Waals surface area contributed by atoms with E-state index in [4.69, 9.17) is 25.8 Å². The molecule has 3 rings (SSSR count). The van der Waals surface area contributed by atoms with Gasteiger partial charge in [0.05, 0.1) is 6.61 Å². The van der Waals surface area contributed by atoms with E-state index < -0.39 is 42.9 Å². The molecule has 1 heterocycles. The zero-order chi connectivity index (χ0) is 22.1. The Kier molecular flexibility index (Phi) is 7.01. The van der Waals surface area contributed by atoms with E-state index in [1.165, 1.54) is 26.4 Å². The number of phenolic OH excluding ortho intramolecular Hbond substituents is 1. The van der Waals surface area contributed by atoms with Crippen molar-refractivity contribution in [2.24, 2.45) is 0 Å². The van der Waals surface area contributed by atoms with Crippen LogP contribution in [-0.2, 0) is 20.0 Å². The molecule has 30 heavy (non-hydrogen) atoms. The van der Waals surface area contributed by atoms with E-state index in [0.29, 0.717) is 16.1 Å². The summed E-state index contributed by atoms with van der Waals surface area (Å²) in [4.78, 5) is 0. The number of ether oxygens (including phenoxy) is 3. The van der Waals surface area contributed by atoms with Gasteiger partial charge in [0.2, 0.25) is 5.79 Å². The molecule has 164 valence electrons. The Morgan fingerprint density at radius 2 is 1.73 bits per heavy atom. The first-order valence-corrected chi connectivity index (χ1v) is 9.66. The molecule has 0 spiro atoms.